The number of benzene rings is 4. The topological polar surface area (TPSA) is 158 Å². The summed E-state index contributed by atoms with van der Waals surface area (Å²) in [7, 11) is -1.93. The Labute approximate surface area is 414 Å². The predicted molar refractivity (Wildman–Crippen MR) is 275 cm³/mol. The van der Waals surface area contributed by atoms with Crippen molar-refractivity contribution in [2.45, 2.75) is 114 Å². The lowest BCUT2D eigenvalue weighted by atomic mass is 9.78. The number of nitrogens with zero attached hydrogens (tertiary/aromatic N) is 2. The quantitative estimate of drug-likeness (QED) is 0.0426. The van der Waals surface area contributed by atoms with Gasteiger partial charge in [-0.2, -0.15) is 0 Å². The van der Waals surface area contributed by atoms with Gasteiger partial charge in [-0.1, -0.05) is 79.4 Å². The Bertz CT molecular complexity index is 2240. The number of fused-ring (bicyclic) bond motifs is 2. The molecule has 0 atom stereocenters. The van der Waals surface area contributed by atoms with E-state index in [0.717, 1.165) is 33.4 Å². The Kier molecular flexibility index (Phi) is 24.5. The van der Waals surface area contributed by atoms with Gasteiger partial charge in [-0.05, 0) is 159 Å². The van der Waals surface area contributed by atoms with Crippen molar-refractivity contribution in [1.29, 1.82) is 0 Å². The standard InChI is InChI=1S/C21H25BN2O4.C13H18BNO3.C9H9ClO.C6H15N.CH2Cl2/c1-13-8-14(2)10-17(9-13)20(26)24(21(3,4)5)23-19(25)15-6-7-16-12-28-22(27)18(16)11-15;1-13(2,3)15-7-12(16)9-4-5-10-8-18-14(17)11(10)6-9;1-6-3-7(2)5-8(4-6)9(10)11;1-4-7(5-2)6-3;2-1-3/h6-11,27H,12H2,1-5H3,(H,23,25);4-6,15,17H,7-8H2,1-3H3;3-5H,1-2H3;4-6H2,1-3H3;1H2. The number of amides is 2. The lowest BCUT2D eigenvalue weighted by Gasteiger charge is -2.35. The van der Waals surface area contributed by atoms with Crippen molar-refractivity contribution in [3.63, 3.8) is 0 Å². The third-order valence-corrected chi connectivity index (χ3v) is 10.5. The monoisotopic (exact) mass is 980 g/mol. The van der Waals surface area contributed by atoms with Crippen molar-refractivity contribution < 1.29 is 38.5 Å². The summed E-state index contributed by atoms with van der Waals surface area (Å²) in [5, 5.41) is 23.8. The first-order valence-corrected chi connectivity index (χ1v) is 23.7. The number of hydrogen-bond donors (Lipinski definition) is 4. The van der Waals surface area contributed by atoms with Crippen molar-refractivity contribution in [2.75, 3.05) is 31.5 Å². The Hall–Kier alpha value is -4.08. The molecule has 17 heteroatoms. The number of hydrogen-bond acceptors (Lipinski definition) is 10. The maximum Gasteiger partial charge on any atom is 0.491 e. The van der Waals surface area contributed by atoms with Gasteiger partial charge in [0.25, 0.3) is 17.1 Å². The number of aryl methyl sites for hydroxylation is 4. The second-order valence-corrected chi connectivity index (χ2v) is 19.3. The van der Waals surface area contributed by atoms with Crippen molar-refractivity contribution >= 4 is 82.8 Å². The number of alkyl halides is 2. The van der Waals surface area contributed by atoms with Gasteiger partial charge in [0, 0.05) is 27.8 Å². The molecule has 4 aromatic rings. The summed E-state index contributed by atoms with van der Waals surface area (Å²) in [5.74, 6) is -0.682. The van der Waals surface area contributed by atoms with E-state index in [1.54, 1.807) is 42.5 Å². The highest BCUT2D eigenvalue weighted by Crippen LogP contribution is 2.19. The van der Waals surface area contributed by atoms with Crippen LogP contribution < -0.4 is 21.7 Å². The zero-order valence-corrected chi connectivity index (χ0v) is 43.7. The molecule has 2 aliphatic heterocycles. The number of carbonyl (C=O) groups excluding carboxylic acids is 4. The molecule has 4 N–H and O–H groups in total. The molecule has 0 fully saturated rings. The van der Waals surface area contributed by atoms with E-state index < -0.39 is 30.9 Å². The molecule has 0 bridgehead atoms. The molecule has 0 aromatic heterocycles. The molecule has 364 valence electrons. The molecule has 0 spiro atoms. The average Bonchev–Trinajstić information content (AvgIpc) is 3.82. The van der Waals surface area contributed by atoms with E-state index in [2.05, 4.69) is 36.4 Å². The van der Waals surface area contributed by atoms with Crippen LogP contribution in [0.5, 0.6) is 0 Å². The van der Waals surface area contributed by atoms with Crippen LogP contribution in [0.4, 0.5) is 0 Å². The molecule has 67 heavy (non-hydrogen) atoms. The first-order valence-electron chi connectivity index (χ1n) is 22.3. The lowest BCUT2D eigenvalue weighted by Crippen LogP contribution is -2.56. The Balaban J connectivity index is 0.000000337. The van der Waals surface area contributed by atoms with Gasteiger partial charge in [-0.15, -0.1) is 23.2 Å². The van der Waals surface area contributed by atoms with Crippen LogP contribution in [0, 0.1) is 27.7 Å². The number of nitrogens with one attached hydrogen (secondary N) is 2. The fraction of sp³-hybridized carbons (Fsp3) is 0.440. The van der Waals surface area contributed by atoms with Gasteiger partial charge >= 0.3 is 14.2 Å². The molecule has 0 saturated heterocycles. The lowest BCUT2D eigenvalue weighted by molar-refractivity contribution is 0.0358. The van der Waals surface area contributed by atoms with Gasteiger partial charge in [0.1, 0.15) is 0 Å². The smallest absolute Gasteiger partial charge is 0.423 e. The first-order chi connectivity index (χ1) is 31.3. The highest BCUT2D eigenvalue weighted by Gasteiger charge is 2.32. The normalized spacial score (nSPS) is 12.5. The van der Waals surface area contributed by atoms with Crippen molar-refractivity contribution in [1.82, 2.24) is 20.7 Å². The van der Waals surface area contributed by atoms with Crippen LogP contribution >= 0.6 is 34.8 Å². The molecule has 6 rings (SSSR count). The number of rotatable bonds is 9. The SMILES string of the molecule is CC(C)(C)NCC(=O)c1ccc2c(c1)B(O)OC2.CCN(CC)CC.Cc1cc(C)cc(C(=O)Cl)c1.Cc1cc(C)cc(C(=O)N(NC(=O)c2ccc3c(c2)B(O)OC3)C(C)(C)C)c1.ClCCl. The number of halogens is 3. The van der Waals surface area contributed by atoms with Crippen molar-refractivity contribution in [2.24, 2.45) is 0 Å². The summed E-state index contributed by atoms with van der Waals surface area (Å²) in [4.78, 5) is 51.1. The van der Waals surface area contributed by atoms with Gasteiger partial charge in [0.2, 0.25) is 0 Å². The van der Waals surface area contributed by atoms with Crippen molar-refractivity contribution in [3.8, 4) is 0 Å². The number of hydrazine groups is 1. The molecule has 0 radical (unpaired) electrons. The Morgan fingerprint density at radius 3 is 1.42 bits per heavy atom. The minimum Gasteiger partial charge on any atom is -0.423 e. The van der Waals surface area contributed by atoms with Gasteiger partial charge in [-0.3, -0.25) is 24.6 Å². The number of Topliss-reactive ketones (excluding diaryl/α,β-unsaturated/α-hetero) is 1. The van der Waals surface area contributed by atoms with E-state index in [9.17, 15) is 29.2 Å². The second kappa shape index (κ2) is 27.8. The largest absolute Gasteiger partial charge is 0.491 e. The van der Waals surface area contributed by atoms with Crippen LogP contribution in [0.2, 0.25) is 0 Å². The summed E-state index contributed by atoms with van der Waals surface area (Å²) in [6.07, 6.45) is 0. The fourth-order valence-corrected chi connectivity index (χ4v) is 6.98. The van der Waals surface area contributed by atoms with Gasteiger partial charge in [0.15, 0.2) is 5.78 Å². The van der Waals surface area contributed by atoms with E-state index in [1.807, 2.05) is 99.6 Å². The predicted octanol–water partition coefficient (Wildman–Crippen LogP) is 8.03. The Morgan fingerprint density at radius 1 is 0.642 bits per heavy atom. The molecule has 0 unspecified atom stereocenters. The van der Waals surface area contributed by atoms with Crippen LogP contribution in [0.15, 0.2) is 72.8 Å². The van der Waals surface area contributed by atoms with Crippen molar-refractivity contribution in [3.05, 3.63) is 128 Å². The second-order valence-electron chi connectivity index (χ2n) is 18.2. The molecular weight excluding hydrogens is 913 g/mol. The number of ketones is 1. The molecule has 2 heterocycles. The average molecular weight is 982 g/mol. The minimum absolute atomic E-state index is 0.0202. The molecule has 2 aliphatic rings. The van der Waals surface area contributed by atoms with Gasteiger partial charge < -0.3 is 29.6 Å². The summed E-state index contributed by atoms with van der Waals surface area (Å²) in [6.45, 7) is 30.5. The highest BCUT2D eigenvalue weighted by atomic mass is 35.5. The van der Waals surface area contributed by atoms with E-state index in [4.69, 9.17) is 44.1 Å². The zero-order valence-electron chi connectivity index (χ0n) is 41.4. The molecule has 4 aromatic carbocycles. The third kappa shape index (κ3) is 19.8. The fourth-order valence-electron chi connectivity index (χ4n) is 6.87. The van der Waals surface area contributed by atoms with Crippen LogP contribution in [-0.4, -0.2) is 99.6 Å². The van der Waals surface area contributed by atoms with Gasteiger partial charge in [-0.25, -0.2) is 5.01 Å². The molecular formula is C50H69B2Cl3N4O8. The summed E-state index contributed by atoms with van der Waals surface area (Å²) in [6, 6.07) is 21.5. The zero-order chi connectivity index (χ0) is 50.8. The molecule has 0 aliphatic carbocycles. The van der Waals surface area contributed by atoms with E-state index in [-0.39, 0.29) is 22.6 Å². The van der Waals surface area contributed by atoms with Crippen LogP contribution in [-0.2, 0) is 22.5 Å². The molecule has 0 saturated carbocycles. The van der Waals surface area contributed by atoms with Gasteiger partial charge in [0.05, 0.1) is 30.6 Å². The minimum atomic E-state index is -1.03. The Morgan fingerprint density at radius 2 is 1.04 bits per heavy atom. The maximum absolute atomic E-state index is 13.2. The maximum atomic E-state index is 13.2. The first kappa shape index (κ1) is 59.0. The molecule has 2 amide bonds. The molecule has 12 nitrogen and oxygen atoms in total. The summed E-state index contributed by atoms with van der Waals surface area (Å²) in [5.41, 5.74) is 11.2. The highest BCUT2D eigenvalue weighted by molar-refractivity contribution is 6.67. The van der Waals surface area contributed by atoms with E-state index >= 15 is 0 Å². The number of carbonyl (C=O) groups is 4. The van der Waals surface area contributed by atoms with Crippen LogP contribution in [0.3, 0.4) is 0 Å². The third-order valence-electron chi connectivity index (χ3n) is 10.3. The van der Waals surface area contributed by atoms with E-state index in [1.165, 1.54) is 24.6 Å². The van der Waals surface area contributed by atoms with Crippen LogP contribution in [0.1, 0.15) is 137 Å². The summed E-state index contributed by atoms with van der Waals surface area (Å²) < 4.78 is 10.3. The van der Waals surface area contributed by atoms with Crippen LogP contribution in [0.25, 0.3) is 0 Å². The van der Waals surface area contributed by atoms with E-state index in [0.29, 0.717) is 52.9 Å². The summed E-state index contributed by atoms with van der Waals surface area (Å²) >= 11 is 14.8.